The van der Waals surface area contributed by atoms with Crippen LogP contribution >= 0.6 is 0 Å². The SMILES string of the molecule is CC(C)CCN(C)c1cc(C#N)ccn1. The number of anilines is 1. The number of rotatable bonds is 4. The van der Waals surface area contributed by atoms with E-state index in [0.717, 1.165) is 18.8 Å². The summed E-state index contributed by atoms with van der Waals surface area (Å²) in [4.78, 5) is 6.32. The van der Waals surface area contributed by atoms with E-state index in [9.17, 15) is 0 Å². The Morgan fingerprint density at radius 2 is 2.27 bits per heavy atom. The van der Waals surface area contributed by atoms with Crippen LogP contribution in [0.25, 0.3) is 0 Å². The van der Waals surface area contributed by atoms with Gasteiger partial charge in [0.05, 0.1) is 11.6 Å². The summed E-state index contributed by atoms with van der Waals surface area (Å²) in [6.45, 7) is 5.37. The quantitative estimate of drug-likeness (QED) is 0.754. The van der Waals surface area contributed by atoms with Gasteiger partial charge in [0.2, 0.25) is 0 Å². The lowest BCUT2D eigenvalue weighted by Gasteiger charge is -2.19. The maximum atomic E-state index is 8.77. The standard InChI is InChI=1S/C12H17N3/c1-10(2)5-7-15(3)12-8-11(9-13)4-6-14-12/h4,6,8,10H,5,7H2,1-3H3. The molecule has 0 aliphatic rings. The van der Waals surface area contributed by atoms with Crippen LogP contribution in [0.3, 0.4) is 0 Å². The molecule has 0 radical (unpaired) electrons. The summed E-state index contributed by atoms with van der Waals surface area (Å²) >= 11 is 0. The Labute approximate surface area is 91.4 Å². The van der Waals surface area contributed by atoms with Gasteiger partial charge in [-0.25, -0.2) is 4.98 Å². The third-order valence-corrected chi connectivity index (χ3v) is 2.31. The molecule has 1 aromatic rings. The minimum Gasteiger partial charge on any atom is -0.360 e. The van der Waals surface area contributed by atoms with E-state index in [-0.39, 0.29) is 0 Å². The Morgan fingerprint density at radius 3 is 2.87 bits per heavy atom. The highest BCUT2D eigenvalue weighted by Gasteiger charge is 2.04. The third kappa shape index (κ3) is 3.59. The van der Waals surface area contributed by atoms with Gasteiger partial charge >= 0.3 is 0 Å². The van der Waals surface area contributed by atoms with Crippen molar-refractivity contribution >= 4 is 5.82 Å². The highest BCUT2D eigenvalue weighted by atomic mass is 15.2. The van der Waals surface area contributed by atoms with Crippen LogP contribution in [0, 0.1) is 17.2 Å². The van der Waals surface area contributed by atoms with Crippen LogP contribution in [0.15, 0.2) is 18.3 Å². The van der Waals surface area contributed by atoms with Crippen LogP contribution < -0.4 is 4.90 Å². The van der Waals surface area contributed by atoms with Crippen molar-refractivity contribution in [3.63, 3.8) is 0 Å². The monoisotopic (exact) mass is 203 g/mol. The molecule has 0 spiro atoms. The largest absolute Gasteiger partial charge is 0.360 e. The van der Waals surface area contributed by atoms with E-state index in [4.69, 9.17) is 5.26 Å². The minimum absolute atomic E-state index is 0.663. The molecule has 0 aromatic carbocycles. The van der Waals surface area contributed by atoms with Gasteiger partial charge < -0.3 is 4.90 Å². The second-order valence-electron chi connectivity index (χ2n) is 4.12. The van der Waals surface area contributed by atoms with Gasteiger partial charge in [0.1, 0.15) is 5.82 Å². The maximum absolute atomic E-state index is 8.77. The maximum Gasteiger partial charge on any atom is 0.129 e. The number of hydrogen-bond acceptors (Lipinski definition) is 3. The van der Waals surface area contributed by atoms with Crippen LogP contribution in [0.1, 0.15) is 25.8 Å². The third-order valence-electron chi connectivity index (χ3n) is 2.31. The molecule has 80 valence electrons. The van der Waals surface area contributed by atoms with E-state index in [0.29, 0.717) is 11.5 Å². The van der Waals surface area contributed by atoms with Crippen molar-refractivity contribution in [2.45, 2.75) is 20.3 Å². The molecule has 0 bridgehead atoms. The van der Waals surface area contributed by atoms with Crippen molar-refractivity contribution in [3.05, 3.63) is 23.9 Å². The smallest absolute Gasteiger partial charge is 0.129 e. The molecular weight excluding hydrogens is 186 g/mol. The molecule has 0 fully saturated rings. The molecule has 3 heteroatoms. The molecule has 1 aromatic heterocycles. The Kier molecular flexibility index (Phi) is 4.11. The zero-order valence-corrected chi connectivity index (χ0v) is 9.57. The minimum atomic E-state index is 0.663. The van der Waals surface area contributed by atoms with Gasteiger partial charge in [0.15, 0.2) is 0 Å². The number of hydrogen-bond donors (Lipinski definition) is 0. The molecule has 0 saturated heterocycles. The van der Waals surface area contributed by atoms with Gasteiger partial charge in [-0.3, -0.25) is 0 Å². The second-order valence-corrected chi connectivity index (χ2v) is 4.12. The van der Waals surface area contributed by atoms with Gasteiger partial charge in [-0.1, -0.05) is 13.8 Å². The van der Waals surface area contributed by atoms with Gasteiger partial charge in [-0.15, -0.1) is 0 Å². The van der Waals surface area contributed by atoms with Crippen LogP contribution in [0.2, 0.25) is 0 Å². The Hall–Kier alpha value is -1.56. The lowest BCUT2D eigenvalue weighted by molar-refractivity contribution is 0.583. The summed E-state index contributed by atoms with van der Waals surface area (Å²) < 4.78 is 0. The lowest BCUT2D eigenvalue weighted by Crippen LogP contribution is -2.20. The Bertz CT molecular complexity index is 352. The first-order valence-electron chi connectivity index (χ1n) is 5.20. The summed E-state index contributed by atoms with van der Waals surface area (Å²) in [6.07, 6.45) is 2.81. The Morgan fingerprint density at radius 1 is 1.53 bits per heavy atom. The average Bonchev–Trinajstić information content (AvgIpc) is 2.26. The van der Waals surface area contributed by atoms with Gasteiger partial charge in [-0.05, 0) is 24.5 Å². The number of nitrogens with zero attached hydrogens (tertiary/aromatic N) is 3. The molecule has 0 amide bonds. The first kappa shape index (κ1) is 11.5. The van der Waals surface area contributed by atoms with E-state index < -0.39 is 0 Å². The fourth-order valence-electron chi connectivity index (χ4n) is 1.26. The fraction of sp³-hybridized carbons (Fsp3) is 0.500. The first-order valence-corrected chi connectivity index (χ1v) is 5.20. The van der Waals surface area contributed by atoms with Crippen molar-refractivity contribution in [1.29, 1.82) is 5.26 Å². The molecule has 0 aliphatic heterocycles. The van der Waals surface area contributed by atoms with E-state index in [1.54, 1.807) is 12.3 Å². The van der Waals surface area contributed by atoms with Crippen LogP contribution in [-0.2, 0) is 0 Å². The summed E-state index contributed by atoms with van der Waals surface area (Å²) in [5, 5.41) is 8.77. The number of nitriles is 1. The van der Waals surface area contributed by atoms with Crippen molar-refractivity contribution < 1.29 is 0 Å². The summed E-state index contributed by atoms with van der Waals surface area (Å²) in [5.74, 6) is 1.56. The van der Waals surface area contributed by atoms with Crippen LogP contribution in [-0.4, -0.2) is 18.6 Å². The Balaban J connectivity index is 2.65. The van der Waals surface area contributed by atoms with E-state index in [1.165, 1.54) is 0 Å². The molecule has 0 aliphatic carbocycles. The topological polar surface area (TPSA) is 39.9 Å². The summed E-state index contributed by atoms with van der Waals surface area (Å²) in [7, 11) is 2.01. The van der Waals surface area contributed by atoms with E-state index in [1.807, 2.05) is 13.1 Å². The lowest BCUT2D eigenvalue weighted by atomic mass is 10.1. The van der Waals surface area contributed by atoms with Crippen LogP contribution in [0.4, 0.5) is 5.82 Å². The molecule has 15 heavy (non-hydrogen) atoms. The van der Waals surface area contributed by atoms with Gasteiger partial charge in [0.25, 0.3) is 0 Å². The predicted molar refractivity (Wildman–Crippen MR) is 61.7 cm³/mol. The number of pyridine rings is 1. The summed E-state index contributed by atoms with van der Waals surface area (Å²) in [5.41, 5.74) is 0.663. The zero-order valence-electron chi connectivity index (χ0n) is 9.57. The van der Waals surface area contributed by atoms with Gasteiger partial charge in [-0.2, -0.15) is 5.26 Å². The highest BCUT2D eigenvalue weighted by molar-refractivity contribution is 5.44. The first-order chi connectivity index (χ1) is 7.13. The molecule has 0 saturated carbocycles. The predicted octanol–water partition coefficient (Wildman–Crippen LogP) is 2.44. The number of aromatic nitrogens is 1. The molecule has 0 atom stereocenters. The van der Waals surface area contributed by atoms with Crippen LogP contribution in [0.5, 0.6) is 0 Å². The molecule has 3 nitrogen and oxygen atoms in total. The van der Waals surface area contributed by atoms with Crippen molar-refractivity contribution in [3.8, 4) is 6.07 Å². The molecule has 0 N–H and O–H groups in total. The van der Waals surface area contributed by atoms with Crippen molar-refractivity contribution in [1.82, 2.24) is 4.98 Å². The van der Waals surface area contributed by atoms with E-state index >= 15 is 0 Å². The van der Waals surface area contributed by atoms with Crippen molar-refractivity contribution in [2.75, 3.05) is 18.5 Å². The normalized spacial score (nSPS) is 10.1. The molecule has 0 unspecified atom stereocenters. The van der Waals surface area contributed by atoms with Crippen molar-refractivity contribution in [2.24, 2.45) is 5.92 Å². The van der Waals surface area contributed by atoms with Gasteiger partial charge in [0, 0.05) is 19.8 Å². The van der Waals surface area contributed by atoms with E-state index in [2.05, 4.69) is 29.8 Å². The highest BCUT2D eigenvalue weighted by Crippen LogP contribution is 2.12. The molecular formula is C12H17N3. The second kappa shape index (κ2) is 5.35. The summed E-state index contributed by atoms with van der Waals surface area (Å²) in [6, 6.07) is 5.66. The fourth-order valence-corrected chi connectivity index (χ4v) is 1.26. The average molecular weight is 203 g/mol. The zero-order chi connectivity index (χ0) is 11.3. The molecule has 1 heterocycles. The molecule has 1 rings (SSSR count).